The first-order chi connectivity index (χ1) is 11.8. The van der Waals surface area contributed by atoms with Gasteiger partial charge in [0.15, 0.2) is 5.69 Å². The Hall–Kier alpha value is -1.73. The van der Waals surface area contributed by atoms with E-state index in [0.29, 0.717) is 5.69 Å². The van der Waals surface area contributed by atoms with Crippen molar-refractivity contribution in [1.29, 1.82) is 0 Å². The molecule has 0 bridgehead atoms. The molecule has 0 saturated heterocycles. The number of halogens is 5. The molecule has 1 saturated carbocycles. The lowest BCUT2D eigenvalue weighted by atomic mass is 10.2. The fourth-order valence-electron chi connectivity index (χ4n) is 2.72. The average molecular weight is 391 g/mol. The van der Waals surface area contributed by atoms with Crippen molar-refractivity contribution in [3.05, 3.63) is 40.0 Å². The van der Waals surface area contributed by atoms with Crippen LogP contribution >= 0.6 is 23.2 Å². The summed E-state index contributed by atoms with van der Waals surface area (Å²) in [6.45, 7) is 0. The Balaban J connectivity index is 1.94. The second kappa shape index (κ2) is 7.25. The number of hydrogen-bond acceptors (Lipinski definition) is 4. The first-order valence-corrected chi connectivity index (χ1v) is 8.52. The van der Waals surface area contributed by atoms with Crippen LogP contribution in [0, 0.1) is 0 Å². The molecule has 3 rings (SSSR count). The molecule has 1 aromatic heterocycles. The van der Waals surface area contributed by atoms with Gasteiger partial charge in [-0.1, -0.05) is 42.1 Å². The molecule has 0 aliphatic heterocycles. The van der Waals surface area contributed by atoms with Gasteiger partial charge in [0.05, 0.1) is 15.7 Å². The van der Waals surface area contributed by atoms with E-state index in [9.17, 15) is 13.2 Å². The van der Waals surface area contributed by atoms with Gasteiger partial charge in [-0.3, -0.25) is 0 Å². The maximum atomic E-state index is 13.2. The minimum absolute atomic E-state index is 0.0298. The molecule has 4 nitrogen and oxygen atoms in total. The van der Waals surface area contributed by atoms with E-state index < -0.39 is 11.9 Å². The van der Waals surface area contributed by atoms with Gasteiger partial charge in [-0.05, 0) is 25.0 Å². The van der Waals surface area contributed by atoms with Crippen molar-refractivity contribution in [1.82, 2.24) is 9.97 Å². The normalized spacial score (nSPS) is 15.4. The van der Waals surface area contributed by atoms with Crippen LogP contribution in [0.2, 0.25) is 10.0 Å². The summed E-state index contributed by atoms with van der Waals surface area (Å²) in [6.07, 6.45) is -0.735. The predicted octanol–water partition coefficient (Wildman–Crippen LogP) is 5.90. The fraction of sp³-hybridized carbons (Fsp3) is 0.375. The van der Waals surface area contributed by atoms with Gasteiger partial charge in [-0.15, -0.1) is 0 Å². The van der Waals surface area contributed by atoms with Gasteiger partial charge in [-0.2, -0.15) is 18.2 Å². The molecule has 1 fully saturated rings. The van der Waals surface area contributed by atoms with E-state index in [1.165, 1.54) is 0 Å². The molecule has 2 aromatic rings. The van der Waals surface area contributed by atoms with Gasteiger partial charge < -0.3 is 10.6 Å². The number of alkyl halides is 3. The van der Waals surface area contributed by atoms with Gasteiger partial charge in [0, 0.05) is 12.1 Å². The lowest BCUT2D eigenvalue weighted by Crippen LogP contribution is -2.19. The molecule has 134 valence electrons. The van der Waals surface area contributed by atoms with Crippen LogP contribution in [-0.4, -0.2) is 16.0 Å². The van der Waals surface area contributed by atoms with Crippen LogP contribution in [0.1, 0.15) is 31.4 Å². The molecule has 1 aromatic carbocycles. The highest BCUT2D eigenvalue weighted by molar-refractivity contribution is 6.39. The summed E-state index contributed by atoms with van der Waals surface area (Å²) >= 11 is 12.1. The zero-order chi connectivity index (χ0) is 18.0. The molecule has 25 heavy (non-hydrogen) atoms. The van der Waals surface area contributed by atoms with Crippen LogP contribution in [-0.2, 0) is 6.18 Å². The molecule has 0 spiro atoms. The predicted molar refractivity (Wildman–Crippen MR) is 92.7 cm³/mol. The van der Waals surface area contributed by atoms with Crippen molar-refractivity contribution in [2.45, 2.75) is 37.9 Å². The van der Waals surface area contributed by atoms with E-state index >= 15 is 0 Å². The SMILES string of the molecule is FC(F)(F)c1cc(Nc2c(Cl)cccc2Cl)nc(NC2CCCC2)n1. The van der Waals surface area contributed by atoms with Crippen molar-refractivity contribution < 1.29 is 13.2 Å². The summed E-state index contributed by atoms with van der Waals surface area (Å²) in [5, 5.41) is 6.31. The molecule has 1 heterocycles. The van der Waals surface area contributed by atoms with Crippen molar-refractivity contribution in [2.75, 3.05) is 10.6 Å². The lowest BCUT2D eigenvalue weighted by molar-refractivity contribution is -0.141. The summed E-state index contributed by atoms with van der Waals surface area (Å²) in [4.78, 5) is 7.74. The second-order valence-corrected chi connectivity index (χ2v) is 6.62. The van der Waals surface area contributed by atoms with E-state index in [0.717, 1.165) is 31.7 Å². The molecule has 9 heteroatoms. The molecule has 0 radical (unpaired) electrons. The van der Waals surface area contributed by atoms with Crippen molar-refractivity contribution in [2.24, 2.45) is 0 Å². The topological polar surface area (TPSA) is 49.8 Å². The number of anilines is 3. The standard InChI is InChI=1S/C16H15Cl2F3N4/c17-10-6-3-7-11(18)14(10)24-13-8-12(16(19,20)21)23-15(25-13)22-9-4-1-2-5-9/h3,6-9H,1-2,4-5H2,(H2,22,23,24,25). The molecule has 2 N–H and O–H groups in total. The Kier molecular flexibility index (Phi) is 5.24. The van der Waals surface area contributed by atoms with Crippen LogP contribution < -0.4 is 10.6 Å². The van der Waals surface area contributed by atoms with Crippen LogP contribution in [0.5, 0.6) is 0 Å². The number of aromatic nitrogens is 2. The van der Waals surface area contributed by atoms with Crippen molar-refractivity contribution in [3.63, 3.8) is 0 Å². The smallest absolute Gasteiger partial charge is 0.351 e. The Morgan fingerprint density at radius 2 is 1.68 bits per heavy atom. The van der Waals surface area contributed by atoms with Gasteiger partial charge in [-0.25, -0.2) is 4.98 Å². The molecule has 1 aliphatic rings. The van der Waals surface area contributed by atoms with Crippen molar-refractivity contribution >= 4 is 40.7 Å². The van der Waals surface area contributed by atoms with Crippen LogP contribution in [0.4, 0.5) is 30.6 Å². The molecule has 1 aliphatic carbocycles. The number of rotatable bonds is 4. The minimum atomic E-state index is -4.59. The zero-order valence-electron chi connectivity index (χ0n) is 13.0. The highest BCUT2D eigenvalue weighted by atomic mass is 35.5. The van der Waals surface area contributed by atoms with Gasteiger partial charge in [0.1, 0.15) is 5.82 Å². The largest absolute Gasteiger partial charge is 0.433 e. The van der Waals surface area contributed by atoms with Gasteiger partial charge >= 0.3 is 6.18 Å². The third-order valence-corrected chi connectivity index (χ3v) is 4.55. The Bertz CT molecular complexity index is 741. The molecule has 0 atom stereocenters. The third kappa shape index (κ3) is 4.46. The van der Waals surface area contributed by atoms with Crippen molar-refractivity contribution in [3.8, 4) is 0 Å². The zero-order valence-corrected chi connectivity index (χ0v) is 14.5. The second-order valence-electron chi connectivity index (χ2n) is 5.81. The Labute approximate surface area is 152 Å². The van der Waals surface area contributed by atoms with Crippen LogP contribution in [0.15, 0.2) is 24.3 Å². The van der Waals surface area contributed by atoms with E-state index in [-0.39, 0.29) is 27.9 Å². The number of benzene rings is 1. The first kappa shape index (κ1) is 18.1. The highest BCUT2D eigenvalue weighted by Gasteiger charge is 2.34. The van der Waals surface area contributed by atoms with Crippen LogP contribution in [0.25, 0.3) is 0 Å². The maximum Gasteiger partial charge on any atom is 0.433 e. The first-order valence-electron chi connectivity index (χ1n) is 7.77. The highest BCUT2D eigenvalue weighted by Crippen LogP contribution is 2.35. The summed E-state index contributed by atoms with van der Waals surface area (Å²) in [5.74, 6) is -0.0924. The van der Waals surface area contributed by atoms with E-state index in [4.69, 9.17) is 23.2 Å². The molecular formula is C16H15Cl2F3N4. The number of nitrogens with one attached hydrogen (secondary N) is 2. The summed E-state index contributed by atoms with van der Waals surface area (Å²) < 4.78 is 39.5. The molecule has 0 amide bonds. The van der Waals surface area contributed by atoms with Crippen LogP contribution in [0.3, 0.4) is 0 Å². The minimum Gasteiger partial charge on any atom is -0.351 e. The summed E-state index contributed by atoms with van der Waals surface area (Å²) in [6, 6.07) is 5.72. The molecular weight excluding hydrogens is 376 g/mol. The monoisotopic (exact) mass is 390 g/mol. The summed E-state index contributed by atoms with van der Waals surface area (Å²) in [5.41, 5.74) is -0.738. The number of hydrogen-bond donors (Lipinski definition) is 2. The average Bonchev–Trinajstić information content (AvgIpc) is 3.03. The van der Waals surface area contributed by atoms with Gasteiger partial charge in [0.25, 0.3) is 0 Å². The fourth-order valence-corrected chi connectivity index (χ4v) is 3.21. The third-order valence-electron chi connectivity index (χ3n) is 3.92. The van der Waals surface area contributed by atoms with Gasteiger partial charge in [0.2, 0.25) is 5.95 Å². The summed E-state index contributed by atoms with van der Waals surface area (Å²) in [7, 11) is 0. The molecule has 0 unspecified atom stereocenters. The Morgan fingerprint density at radius 3 is 2.28 bits per heavy atom. The number of nitrogens with zero attached hydrogens (tertiary/aromatic N) is 2. The lowest BCUT2D eigenvalue weighted by Gasteiger charge is -2.16. The van der Waals surface area contributed by atoms with E-state index in [1.807, 2.05) is 0 Å². The van der Waals surface area contributed by atoms with E-state index in [2.05, 4.69) is 20.6 Å². The maximum absolute atomic E-state index is 13.2. The Morgan fingerprint density at radius 1 is 1.04 bits per heavy atom. The van der Waals surface area contributed by atoms with E-state index in [1.54, 1.807) is 18.2 Å². The quantitative estimate of drug-likeness (QED) is 0.681. The number of para-hydroxylation sites is 1.